The van der Waals surface area contributed by atoms with Gasteiger partial charge < -0.3 is 10.5 Å². The maximum absolute atomic E-state index is 11.6. The minimum absolute atomic E-state index is 0. The zero-order valence-electron chi connectivity index (χ0n) is 20.1. The van der Waals surface area contributed by atoms with Crippen molar-refractivity contribution in [3.05, 3.63) is 71.8 Å². The molecule has 6 heteroatoms. The number of likely N-dealkylation sites (tertiary alicyclic amines) is 2. The number of carbonyl (C=O) groups excluding carboxylic acids is 1. The van der Waals surface area contributed by atoms with Gasteiger partial charge in [-0.2, -0.15) is 0 Å². The number of ether oxygens (including phenoxy) is 1. The van der Waals surface area contributed by atoms with E-state index in [1.54, 1.807) is 0 Å². The predicted molar refractivity (Wildman–Crippen MR) is 139 cm³/mol. The minimum Gasteiger partial charge on any atom is -0.469 e. The Morgan fingerprint density at radius 3 is 1.65 bits per heavy atom. The van der Waals surface area contributed by atoms with Gasteiger partial charge in [0, 0.05) is 45.2 Å². The third kappa shape index (κ3) is 7.67. The van der Waals surface area contributed by atoms with Crippen LogP contribution in [0, 0.1) is 29.1 Å². The molecule has 3 N–H and O–H groups in total. The fraction of sp³-hybridized carbons (Fsp3) is 0.500. The molecule has 34 heavy (non-hydrogen) atoms. The zero-order valence-corrected chi connectivity index (χ0v) is 20.1. The summed E-state index contributed by atoms with van der Waals surface area (Å²) in [5.41, 5.74) is 8.23. The third-order valence-corrected chi connectivity index (χ3v) is 6.78. The number of esters is 1. The first-order chi connectivity index (χ1) is 15.9. The fourth-order valence-electron chi connectivity index (χ4n) is 4.94. The quantitative estimate of drug-likeness (QED) is 0.378. The van der Waals surface area contributed by atoms with Crippen molar-refractivity contribution in [3.8, 4) is 0 Å². The number of nitrogens with two attached hydrogens (primary N) is 1. The van der Waals surface area contributed by atoms with Gasteiger partial charge in [0.2, 0.25) is 0 Å². The van der Waals surface area contributed by atoms with E-state index in [0.717, 1.165) is 39.3 Å². The molecule has 0 saturated carbocycles. The van der Waals surface area contributed by atoms with Gasteiger partial charge in [-0.25, -0.2) is 0 Å². The second kappa shape index (κ2) is 13.3. The number of benzene rings is 2. The standard InChI is InChI=1S/C14H19NO2.C13H19N3.CH4/c1-11-8-15(10-13(11)14(16)17-2)9-12-6-4-3-5-7-12;1-10-7-16(9-12(10)13(14)15)8-11-5-3-2-4-6-11;/h3-7,11,13H,8-10H2,1-2H3;2-6,10,12H,7-9H2,1H3,(H3,14,15);1H4/t11-,13?;10-,12?;/m11./s1. The smallest absolute Gasteiger partial charge is 0.310 e. The van der Waals surface area contributed by atoms with E-state index in [-0.39, 0.29) is 25.2 Å². The summed E-state index contributed by atoms with van der Waals surface area (Å²) >= 11 is 0. The van der Waals surface area contributed by atoms with Crippen molar-refractivity contribution < 1.29 is 9.53 Å². The van der Waals surface area contributed by atoms with Crippen molar-refractivity contribution in [1.82, 2.24) is 9.80 Å². The highest BCUT2D eigenvalue weighted by atomic mass is 16.5. The summed E-state index contributed by atoms with van der Waals surface area (Å²) in [6.07, 6.45) is 0. The molecule has 2 aliphatic rings. The first kappa shape index (κ1) is 27.5. The number of nitrogens with one attached hydrogen (secondary N) is 1. The Hall–Kier alpha value is -2.70. The Morgan fingerprint density at radius 2 is 1.26 bits per heavy atom. The van der Waals surface area contributed by atoms with E-state index < -0.39 is 0 Å². The van der Waals surface area contributed by atoms with Crippen molar-refractivity contribution in [1.29, 1.82) is 5.41 Å². The third-order valence-electron chi connectivity index (χ3n) is 6.78. The molecule has 0 radical (unpaired) electrons. The first-order valence-electron chi connectivity index (χ1n) is 11.8. The lowest BCUT2D eigenvalue weighted by molar-refractivity contribution is -0.146. The molecule has 2 saturated heterocycles. The van der Waals surface area contributed by atoms with Gasteiger partial charge in [-0.1, -0.05) is 81.9 Å². The zero-order chi connectivity index (χ0) is 23.8. The number of methoxy groups -OCH3 is 1. The molecular formula is C28H42N4O2. The normalized spacial score (nSPS) is 24.6. The number of carbonyl (C=O) groups is 1. The van der Waals surface area contributed by atoms with E-state index in [1.165, 1.54) is 18.2 Å². The van der Waals surface area contributed by atoms with Gasteiger partial charge in [0.1, 0.15) is 0 Å². The molecule has 0 amide bonds. The fourth-order valence-corrected chi connectivity index (χ4v) is 4.94. The van der Waals surface area contributed by atoms with Crippen LogP contribution in [0.1, 0.15) is 32.4 Å². The monoisotopic (exact) mass is 466 g/mol. The largest absolute Gasteiger partial charge is 0.469 e. The van der Waals surface area contributed by atoms with E-state index in [4.69, 9.17) is 15.9 Å². The highest BCUT2D eigenvalue weighted by Crippen LogP contribution is 2.26. The number of nitrogens with zero attached hydrogens (tertiary/aromatic N) is 2. The van der Waals surface area contributed by atoms with Gasteiger partial charge in [-0.15, -0.1) is 0 Å². The Kier molecular flexibility index (Phi) is 10.7. The molecule has 0 aliphatic carbocycles. The van der Waals surface area contributed by atoms with E-state index in [9.17, 15) is 4.79 Å². The Bertz CT molecular complexity index is 890. The molecule has 2 aliphatic heterocycles. The Labute approximate surface area is 205 Å². The minimum atomic E-state index is -0.0759. The average Bonchev–Trinajstić information content (AvgIpc) is 3.36. The van der Waals surface area contributed by atoms with Crippen LogP contribution in [0.4, 0.5) is 0 Å². The molecule has 2 unspecified atom stereocenters. The van der Waals surface area contributed by atoms with Crippen LogP contribution in [0.2, 0.25) is 0 Å². The Balaban J connectivity index is 0.000000234. The highest BCUT2D eigenvalue weighted by Gasteiger charge is 2.35. The van der Waals surface area contributed by atoms with Crippen molar-refractivity contribution in [2.45, 2.75) is 34.4 Å². The molecular weight excluding hydrogens is 424 g/mol. The first-order valence-corrected chi connectivity index (χ1v) is 11.8. The summed E-state index contributed by atoms with van der Waals surface area (Å²) in [7, 11) is 1.47. The molecule has 186 valence electrons. The molecule has 0 bridgehead atoms. The summed E-state index contributed by atoms with van der Waals surface area (Å²) in [5.74, 6) is 1.41. The number of hydrogen-bond donors (Lipinski definition) is 2. The maximum Gasteiger partial charge on any atom is 0.310 e. The Morgan fingerprint density at radius 1 is 0.853 bits per heavy atom. The van der Waals surface area contributed by atoms with Gasteiger partial charge in [0.15, 0.2) is 0 Å². The topological polar surface area (TPSA) is 82.7 Å². The van der Waals surface area contributed by atoms with E-state index in [2.05, 4.69) is 60.0 Å². The molecule has 2 heterocycles. The molecule has 0 aromatic heterocycles. The summed E-state index contributed by atoms with van der Waals surface area (Å²) in [5, 5.41) is 7.54. The summed E-state index contributed by atoms with van der Waals surface area (Å²) < 4.78 is 4.84. The highest BCUT2D eigenvalue weighted by molar-refractivity contribution is 5.80. The SMILES string of the molecule is C.COC(=O)C1CN(Cc2ccccc2)C[C@H]1C.C[C@@H]1CN(Cc2ccccc2)CC1C(=N)N. The maximum atomic E-state index is 11.6. The number of amidine groups is 1. The number of hydrogen-bond acceptors (Lipinski definition) is 5. The lowest BCUT2D eigenvalue weighted by Gasteiger charge is -2.15. The van der Waals surface area contributed by atoms with Crippen molar-refractivity contribution in [3.63, 3.8) is 0 Å². The lowest BCUT2D eigenvalue weighted by Crippen LogP contribution is -2.28. The second-order valence-corrected chi connectivity index (χ2v) is 9.51. The van der Waals surface area contributed by atoms with Crippen LogP contribution in [0.15, 0.2) is 60.7 Å². The van der Waals surface area contributed by atoms with Crippen LogP contribution in [0.3, 0.4) is 0 Å². The molecule has 6 nitrogen and oxygen atoms in total. The molecule has 2 aromatic rings. The molecule has 0 spiro atoms. The molecule has 2 aromatic carbocycles. The van der Waals surface area contributed by atoms with Crippen LogP contribution in [-0.4, -0.2) is 54.9 Å². The van der Waals surface area contributed by atoms with Gasteiger partial charge in [-0.05, 0) is 23.0 Å². The van der Waals surface area contributed by atoms with Gasteiger partial charge >= 0.3 is 5.97 Å². The summed E-state index contributed by atoms with van der Waals surface area (Å²) in [4.78, 5) is 16.3. The van der Waals surface area contributed by atoms with Crippen LogP contribution in [0.25, 0.3) is 0 Å². The van der Waals surface area contributed by atoms with Gasteiger partial charge in [0.05, 0.1) is 18.9 Å². The number of rotatable bonds is 6. The summed E-state index contributed by atoms with van der Waals surface area (Å²) in [6, 6.07) is 20.8. The van der Waals surface area contributed by atoms with Gasteiger partial charge in [-0.3, -0.25) is 20.0 Å². The van der Waals surface area contributed by atoms with Crippen molar-refractivity contribution in [2.24, 2.45) is 29.4 Å². The predicted octanol–water partition coefficient (Wildman–Crippen LogP) is 4.25. The average molecular weight is 467 g/mol. The lowest BCUT2D eigenvalue weighted by atomic mass is 9.97. The van der Waals surface area contributed by atoms with Gasteiger partial charge in [0.25, 0.3) is 0 Å². The molecule has 4 atom stereocenters. The van der Waals surface area contributed by atoms with Crippen molar-refractivity contribution >= 4 is 11.8 Å². The van der Waals surface area contributed by atoms with Crippen LogP contribution in [-0.2, 0) is 22.6 Å². The van der Waals surface area contributed by atoms with Crippen LogP contribution in [0.5, 0.6) is 0 Å². The molecule has 2 fully saturated rings. The van der Waals surface area contributed by atoms with Crippen molar-refractivity contribution in [2.75, 3.05) is 33.3 Å². The molecule has 4 rings (SSSR count). The van der Waals surface area contributed by atoms with E-state index >= 15 is 0 Å². The summed E-state index contributed by atoms with van der Waals surface area (Å²) in [6.45, 7) is 9.92. The second-order valence-electron chi connectivity index (χ2n) is 9.51. The van der Waals surface area contributed by atoms with E-state index in [1.807, 2.05) is 24.3 Å². The van der Waals surface area contributed by atoms with E-state index in [0.29, 0.717) is 17.7 Å². The van der Waals surface area contributed by atoms with Crippen LogP contribution >= 0.6 is 0 Å². The van der Waals surface area contributed by atoms with Crippen LogP contribution < -0.4 is 5.73 Å².